The zero-order valence-electron chi connectivity index (χ0n) is 16.1. The molecule has 3 rings (SSSR count). The molecule has 0 bridgehead atoms. The molecule has 0 unspecified atom stereocenters. The van der Waals surface area contributed by atoms with E-state index < -0.39 is 0 Å². The van der Waals surface area contributed by atoms with Crippen molar-refractivity contribution in [3.05, 3.63) is 47.5 Å². The standard InChI is InChI=1S/C20H20ClN3O3S2/c1-4-17(28-14-8-5-12(21)6-9-14)18(25)22-20-24-23-19(29-20)15-11-13(26-2)7-10-16(15)27-3/h5-11,17H,4H2,1-3H3,(H,22,24,25)/t17-/m1/s1. The van der Waals surface area contributed by atoms with Crippen molar-refractivity contribution in [1.29, 1.82) is 0 Å². The van der Waals surface area contributed by atoms with Gasteiger partial charge in [0.15, 0.2) is 5.01 Å². The van der Waals surface area contributed by atoms with Gasteiger partial charge < -0.3 is 9.47 Å². The number of amides is 1. The van der Waals surface area contributed by atoms with Gasteiger partial charge in [-0.1, -0.05) is 29.9 Å². The molecular weight excluding hydrogens is 430 g/mol. The van der Waals surface area contributed by atoms with Crippen LogP contribution in [0.2, 0.25) is 5.02 Å². The molecule has 0 aliphatic heterocycles. The summed E-state index contributed by atoms with van der Waals surface area (Å²) in [5.41, 5.74) is 0.757. The number of carbonyl (C=O) groups is 1. The van der Waals surface area contributed by atoms with Gasteiger partial charge >= 0.3 is 0 Å². The van der Waals surface area contributed by atoms with Gasteiger partial charge in [-0.15, -0.1) is 22.0 Å². The summed E-state index contributed by atoms with van der Waals surface area (Å²) in [6, 6.07) is 12.9. The van der Waals surface area contributed by atoms with Crippen LogP contribution in [0.1, 0.15) is 13.3 Å². The number of hydrogen-bond acceptors (Lipinski definition) is 7. The zero-order valence-corrected chi connectivity index (χ0v) is 18.5. The van der Waals surface area contributed by atoms with E-state index in [9.17, 15) is 4.79 Å². The van der Waals surface area contributed by atoms with Crippen LogP contribution < -0.4 is 14.8 Å². The fourth-order valence-electron chi connectivity index (χ4n) is 2.55. The quantitative estimate of drug-likeness (QED) is 0.465. The summed E-state index contributed by atoms with van der Waals surface area (Å²) >= 11 is 8.70. The Bertz CT molecular complexity index is 979. The fourth-order valence-corrected chi connectivity index (χ4v) is 4.40. The van der Waals surface area contributed by atoms with Gasteiger partial charge in [-0.25, -0.2) is 0 Å². The first-order valence-corrected chi connectivity index (χ1v) is 10.9. The number of methoxy groups -OCH3 is 2. The Hall–Kier alpha value is -2.29. The molecule has 0 spiro atoms. The molecule has 1 atom stereocenters. The lowest BCUT2D eigenvalue weighted by Gasteiger charge is -2.13. The van der Waals surface area contributed by atoms with Crippen molar-refractivity contribution in [2.24, 2.45) is 0 Å². The Balaban J connectivity index is 1.73. The number of thioether (sulfide) groups is 1. The van der Waals surface area contributed by atoms with Crippen LogP contribution >= 0.6 is 34.7 Å². The van der Waals surface area contributed by atoms with Gasteiger partial charge in [-0.2, -0.15) is 0 Å². The fraction of sp³-hybridized carbons (Fsp3) is 0.250. The zero-order chi connectivity index (χ0) is 20.8. The van der Waals surface area contributed by atoms with Gasteiger partial charge in [0.25, 0.3) is 0 Å². The summed E-state index contributed by atoms with van der Waals surface area (Å²) < 4.78 is 10.7. The summed E-state index contributed by atoms with van der Waals surface area (Å²) in [6.07, 6.45) is 0.675. The molecule has 1 amide bonds. The highest BCUT2D eigenvalue weighted by molar-refractivity contribution is 8.00. The lowest BCUT2D eigenvalue weighted by molar-refractivity contribution is -0.115. The van der Waals surface area contributed by atoms with Crippen LogP contribution in [0.3, 0.4) is 0 Å². The summed E-state index contributed by atoms with van der Waals surface area (Å²) in [5, 5.41) is 12.7. The summed E-state index contributed by atoms with van der Waals surface area (Å²) in [5.74, 6) is 1.23. The van der Waals surface area contributed by atoms with Crippen molar-refractivity contribution in [2.75, 3.05) is 19.5 Å². The van der Waals surface area contributed by atoms with Crippen LogP contribution in [0.15, 0.2) is 47.4 Å². The van der Waals surface area contributed by atoms with E-state index >= 15 is 0 Å². The molecule has 1 N–H and O–H groups in total. The molecule has 0 aliphatic rings. The predicted molar refractivity (Wildman–Crippen MR) is 118 cm³/mol. The number of halogens is 1. The molecule has 3 aromatic rings. The van der Waals surface area contributed by atoms with E-state index in [0.717, 1.165) is 10.5 Å². The molecule has 9 heteroatoms. The minimum absolute atomic E-state index is 0.118. The average Bonchev–Trinajstić information content (AvgIpc) is 3.20. The van der Waals surface area contributed by atoms with Gasteiger partial charge in [-0.05, 0) is 48.9 Å². The van der Waals surface area contributed by atoms with Crippen molar-refractivity contribution in [3.8, 4) is 22.1 Å². The number of aromatic nitrogens is 2. The van der Waals surface area contributed by atoms with Crippen molar-refractivity contribution < 1.29 is 14.3 Å². The second-order valence-corrected chi connectivity index (χ2v) is 8.63. The van der Waals surface area contributed by atoms with Crippen molar-refractivity contribution >= 4 is 45.7 Å². The first-order valence-electron chi connectivity index (χ1n) is 8.83. The second-order valence-electron chi connectivity index (χ2n) is 5.94. The van der Waals surface area contributed by atoms with E-state index in [0.29, 0.717) is 33.1 Å². The van der Waals surface area contributed by atoms with Gasteiger partial charge in [0.2, 0.25) is 11.0 Å². The van der Waals surface area contributed by atoms with E-state index in [1.165, 1.54) is 23.1 Å². The van der Waals surface area contributed by atoms with Crippen LogP contribution in [-0.4, -0.2) is 35.6 Å². The minimum atomic E-state index is -0.255. The average molecular weight is 450 g/mol. The number of rotatable bonds is 8. The van der Waals surface area contributed by atoms with Gasteiger partial charge in [0, 0.05) is 9.92 Å². The molecule has 6 nitrogen and oxygen atoms in total. The molecule has 0 saturated heterocycles. The highest BCUT2D eigenvalue weighted by atomic mass is 35.5. The Morgan fingerprint density at radius 3 is 2.59 bits per heavy atom. The van der Waals surface area contributed by atoms with Gasteiger partial charge in [0.05, 0.1) is 25.0 Å². The molecule has 2 aromatic carbocycles. The van der Waals surface area contributed by atoms with E-state index in [4.69, 9.17) is 21.1 Å². The summed E-state index contributed by atoms with van der Waals surface area (Å²) in [6.45, 7) is 1.97. The number of hydrogen-bond donors (Lipinski definition) is 1. The Kier molecular flexibility index (Phi) is 7.35. The first-order chi connectivity index (χ1) is 14.0. The molecule has 152 valence electrons. The first kappa shape index (κ1) is 21.4. The van der Waals surface area contributed by atoms with E-state index in [1.807, 2.05) is 49.4 Å². The smallest absolute Gasteiger partial charge is 0.239 e. The summed E-state index contributed by atoms with van der Waals surface area (Å²) in [4.78, 5) is 13.7. The topological polar surface area (TPSA) is 73.3 Å². The number of carbonyl (C=O) groups excluding carboxylic acids is 1. The lowest BCUT2D eigenvalue weighted by Crippen LogP contribution is -2.24. The Labute approximate surface area is 182 Å². The molecule has 0 aliphatic carbocycles. The monoisotopic (exact) mass is 449 g/mol. The van der Waals surface area contributed by atoms with Gasteiger partial charge in [-0.3, -0.25) is 10.1 Å². The number of nitrogens with zero attached hydrogens (tertiary/aromatic N) is 2. The third kappa shape index (κ3) is 5.41. The second kappa shape index (κ2) is 9.96. The van der Waals surface area contributed by atoms with Crippen LogP contribution in [0.4, 0.5) is 5.13 Å². The van der Waals surface area contributed by atoms with Crippen LogP contribution in [-0.2, 0) is 4.79 Å². The largest absolute Gasteiger partial charge is 0.497 e. The van der Waals surface area contributed by atoms with E-state index in [2.05, 4.69) is 15.5 Å². The minimum Gasteiger partial charge on any atom is -0.497 e. The number of nitrogens with one attached hydrogen (secondary N) is 1. The van der Waals surface area contributed by atoms with Crippen LogP contribution in [0, 0.1) is 0 Å². The van der Waals surface area contributed by atoms with Crippen LogP contribution in [0.25, 0.3) is 10.6 Å². The summed E-state index contributed by atoms with van der Waals surface area (Å²) in [7, 11) is 3.19. The highest BCUT2D eigenvalue weighted by Crippen LogP contribution is 2.36. The highest BCUT2D eigenvalue weighted by Gasteiger charge is 2.20. The maximum absolute atomic E-state index is 12.7. The third-order valence-electron chi connectivity index (χ3n) is 4.05. The number of benzene rings is 2. The van der Waals surface area contributed by atoms with Crippen LogP contribution in [0.5, 0.6) is 11.5 Å². The molecule has 29 heavy (non-hydrogen) atoms. The van der Waals surface area contributed by atoms with E-state index in [-0.39, 0.29) is 11.2 Å². The molecular formula is C20H20ClN3O3S2. The number of anilines is 1. The van der Waals surface area contributed by atoms with E-state index in [1.54, 1.807) is 14.2 Å². The van der Waals surface area contributed by atoms with Crippen molar-refractivity contribution in [2.45, 2.75) is 23.5 Å². The molecule has 1 heterocycles. The van der Waals surface area contributed by atoms with Gasteiger partial charge in [0.1, 0.15) is 11.5 Å². The maximum atomic E-state index is 12.7. The predicted octanol–water partition coefficient (Wildman–Crippen LogP) is 5.39. The van der Waals surface area contributed by atoms with Crippen molar-refractivity contribution in [1.82, 2.24) is 10.2 Å². The Morgan fingerprint density at radius 1 is 1.17 bits per heavy atom. The lowest BCUT2D eigenvalue weighted by atomic mass is 10.2. The number of ether oxygens (including phenoxy) is 2. The molecule has 1 aromatic heterocycles. The normalized spacial score (nSPS) is 11.7. The molecule has 0 fully saturated rings. The molecule has 0 saturated carbocycles. The molecule has 0 radical (unpaired) electrons. The maximum Gasteiger partial charge on any atom is 0.239 e. The third-order valence-corrected chi connectivity index (χ3v) is 6.55. The SMILES string of the molecule is CC[C@@H](Sc1ccc(Cl)cc1)C(=O)Nc1nnc(-c2cc(OC)ccc2OC)s1. The Morgan fingerprint density at radius 2 is 1.93 bits per heavy atom. The van der Waals surface area contributed by atoms with Crippen molar-refractivity contribution in [3.63, 3.8) is 0 Å².